The zero-order chi connectivity index (χ0) is 20.1. The van der Waals surface area contributed by atoms with Crippen molar-refractivity contribution in [3.63, 3.8) is 0 Å². The van der Waals surface area contributed by atoms with Gasteiger partial charge in [0.2, 0.25) is 5.91 Å². The fourth-order valence-electron chi connectivity index (χ4n) is 3.46. The quantitative estimate of drug-likeness (QED) is 0.500. The molecule has 4 aromatic rings. The van der Waals surface area contributed by atoms with E-state index in [0.717, 1.165) is 47.6 Å². The molecule has 2 aromatic carbocycles. The van der Waals surface area contributed by atoms with Crippen LogP contribution in [0.5, 0.6) is 0 Å². The summed E-state index contributed by atoms with van der Waals surface area (Å²) < 4.78 is 2.16. The van der Waals surface area contributed by atoms with Gasteiger partial charge in [-0.2, -0.15) is 0 Å². The molecule has 1 N–H and O–H groups in total. The molecule has 0 radical (unpaired) electrons. The standard InChI is InChI=1S/C24H24N4O/c1-18-9-5-6-12-20(18)27-23(29)15-7-14-22-26-21-13-8-16-25-24(21)28(22)17-19-10-3-2-4-11-19/h2-6,8-13,16H,7,14-15,17H2,1H3,(H,27,29). The maximum atomic E-state index is 12.4. The number of carbonyl (C=O) groups is 1. The van der Waals surface area contributed by atoms with Crippen LogP contribution in [0.25, 0.3) is 11.2 Å². The number of para-hydroxylation sites is 1. The summed E-state index contributed by atoms with van der Waals surface area (Å²) in [5, 5.41) is 3.00. The molecule has 1 amide bonds. The predicted octanol–water partition coefficient (Wildman–Crippen LogP) is 4.75. The van der Waals surface area contributed by atoms with Crippen LogP contribution >= 0.6 is 0 Å². The lowest BCUT2D eigenvalue weighted by Crippen LogP contribution is -2.13. The zero-order valence-corrected chi connectivity index (χ0v) is 16.5. The number of pyridine rings is 1. The molecule has 146 valence electrons. The first-order valence-corrected chi connectivity index (χ1v) is 9.90. The van der Waals surface area contributed by atoms with Crippen LogP contribution in [0, 0.1) is 6.92 Å². The van der Waals surface area contributed by atoms with Crippen LogP contribution < -0.4 is 5.32 Å². The molecule has 5 nitrogen and oxygen atoms in total. The number of hydrogen-bond donors (Lipinski definition) is 1. The van der Waals surface area contributed by atoms with Crippen molar-refractivity contribution in [2.24, 2.45) is 0 Å². The largest absolute Gasteiger partial charge is 0.326 e. The third-order valence-electron chi connectivity index (χ3n) is 4.99. The van der Waals surface area contributed by atoms with Gasteiger partial charge in [0.05, 0.1) is 6.54 Å². The molecule has 0 saturated carbocycles. The molecular weight excluding hydrogens is 360 g/mol. The molecule has 0 spiro atoms. The van der Waals surface area contributed by atoms with E-state index in [9.17, 15) is 4.79 Å². The number of carbonyl (C=O) groups excluding carboxylic acids is 1. The van der Waals surface area contributed by atoms with Gasteiger partial charge in [0.15, 0.2) is 5.65 Å². The van der Waals surface area contributed by atoms with Crippen LogP contribution in [0.2, 0.25) is 0 Å². The van der Waals surface area contributed by atoms with Gasteiger partial charge in [0.25, 0.3) is 0 Å². The van der Waals surface area contributed by atoms with Crippen molar-refractivity contribution in [2.45, 2.75) is 32.7 Å². The van der Waals surface area contributed by atoms with E-state index in [2.05, 4.69) is 27.0 Å². The number of rotatable bonds is 7. The number of anilines is 1. The number of nitrogens with zero attached hydrogens (tertiary/aromatic N) is 3. The van der Waals surface area contributed by atoms with E-state index < -0.39 is 0 Å². The number of amides is 1. The number of fused-ring (bicyclic) bond motifs is 1. The van der Waals surface area contributed by atoms with Crippen molar-refractivity contribution in [2.75, 3.05) is 5.32 Å². The second kappa shape index (κ2) is 8.69. The van der Waals surface area contributed by atoms with Gasteiger partial charge in [0.1, 0.15) is 11.3 Å². The molecule has 0 fully saturated rings. The molecular formula is C24H24N4O. The fraction of sp³-hybridized carbons (Fsp3) is 0.208. The summed E-state index contributed by atoms with van der Waals surface area (Å²) in [7, 11) is 0. The van der Waals surface area contributed by atoms with Crippen LogP contribution in [0.15, 0.2) is 72.9 Å². The Morgan fingerprint density at radius 1 is 1.00 bits per heavy atom. The zero-order valence-electron chi connectivity index (χ0n) is 16.5. The van der Waals surface area contributed by atoms with Crippen molar-refractivity contribution in [3.05, 3.63) is 89.9 Å². The Labute approximate surface area is 170 Å². The van der Waals surface area contributed by atoms with E-state index in [-0.39, 0.29) is 5.91 Å². The summed E-state index contributed by atoms with van der Waals surface area (Å²) in [5.41, 5.74) is 4.92. The number of aryl methyl sites for hydroxylation is 2. The summed E-state index contributed by atoms with van der Waals surface area (Å²) in [6.07, 6.45) is 3.71. The molecule has 0 saturated heterocycles. The molecule has 0 aliphatic rings. The normalized spacial score (nSPS) is 10.9. The number of hydrogen-bond acceptors (Lipinski definition) is 3. The van der Waals surface area contributed by atoms with Crippen LogP contribution in [0.4, 0.5) is 5.69 Å². The molecule has 0 atom stereocenters. The summed E-state index contributed by atoms with van der Waals surface area (Å²) in [6, 6.07) is 22.0. The van der Waals surface area contributed by atoms with Gasteiger partial charge >= 0.3 is 0 Å². The lowest BCUT2D eigenvalue weighted by atomic mass is 10.1. The number of benzene rings is 2. The highest BCUT2D eigenvalue weighted by Gasteiger charge is 2.13. The van der Waals surface area contributed by atoms with Crippen LogP contribution in [0.1, 0.15) is 29.8 Å². The van der Waals surface area contributed by atoms with E-state index in [1.165, 1.54) is 5.56 Å². The summed E-state index contributed by atoms with van der Waals surface area (Å²) in [4.78, 5) is 21.7. The molecule has 0 bridgehead atoms. The number of imidazole rings is 1. The molecule has 5 heteroatoms. The Bertz CT molecular complexity index is 1120. The first-order chi connectivity index (χ1) is 14.2. The van der Waals surface area contributed by atoms with Crippen LogP contribution in [-0.2, 0) is 17.8 Å². The Morgan fingerprint density at radius 3 is 2.62 bits per heavy atom. The Balaban J connectivity index is 1.45. The maximum absolute atomic E-state index is 12.4. The Morgan fingerprint density at radius 2 is 1.79 bits per heavy atom. The molecule has 2 heterocycles. The average Bonchev–Trinajstić information content (AvgIpc) is 3.08. The van der Waals surface area contributed by atoms with E-state index in [4.69, 9.17) is 4.98 Å². The first-order valence-electron chi connectivity index (χ1n) is 9.90. The maximum Gasteiger partial charge on any atom is 0.224 e. The first kappa shape index (κ1) is 18.9. The highest BCUT2D eigenvalue weighted by molar-refractivity contribution is 5.91. The topological polar surface area (TPSA) is 59.8 Å². The molecule has 0 aliphatic carbocycles. The van der Waals surface area contributed by atoms with Crippen LogP contribution in [0.3, 0.4) is 0 Å². The number of nitrogens with one attached hydrogen (secondary N) is 1. The molecule has 0 unspecified atom stereocenters. The van der Waals surface area contributed by atoms with Crippen molar-refractivity contribution in [1.82, 2.24) is 14.5 Å². The van der Waals surface area contributed by atoms with Gasteiger partial charge < -0.3 is 9.88 Å². The highest BCUT2D eigenvalue weighted by Crippen LogP contribution is 2.18. The van der Waals surface area contributed by atoms with Gasteiger partial charge in [0, 0.05) is 24.7 Å². The SMILES string of the molecule is Cc1ccccc1NC(=O)CCCc1nc2cccnc2n1Cc1ccccc1. The van der Waals surface area contributed by atoms with Crippen molar-refractivity contribution in [1.29, 1.82) is 0 Å². The third kappa shape index (κ3) is 4.51. The van der Waals surface area contributed by atoms with Gasteiger partial charge in [-0.15, -0.1) is 0 Å². The molecule has 2 aromatic heterocycles. The monoisotopic (exact) mass is 384 g/mol. The summed E-state index contributed by atoms with van der Waals surface area (Å²) >= 11 is 0. The minimum absolute atomic E-state index is 0.0307. The molecule has 0 aliphatic heterocycles. The van der Waals surface area contributed by atoms with Gasteiger partial charge in [-0.3, -0.25) is 4.79 Å². The lowest BCUT2D eigenvalue weighted by Gasteiger charge is -2.10. The van der Waals surface area contributed by atoms with E-state index in [1.54, 1.807) is 6.20 Å². The lowest BCUT2D eigenvalue weighted by molar-refractivity contribution is -0.116. The minimum atomic E-state index is 0.0307. The number of aromatic nitrogens is 3. The second-order valence-electron chi connectivity index (χ2n) is 7.16. The fourth-order valence-corrected chi connectivity index (χ4v) is 3.46. The van der Waals surface area contributed by atoms with E-state index in [0.29, 0.717) is 6.42 Å². The molecule has 29 heavy (non-hydrogen) atoms. The predicted molar refractivity (Wildman–Crippen MR) is 116 cm³/mol. The average molecular weight is 384 g/mol. The van der Waals surface area contributed by atoms with Gasteiger partial charge in [-0.05, 0) is 42.7 Å². The van der Waals surface area contributed by atoms with E-state index in [1.807, 2.05) is 61.5 Å². The summed E-state index contributed by atoms with van der Waals surface area (Å²) in [6.45, 7) is 2.72. The minimum Gasteiger partial charge on any atom is -0.326 e. The summed E-state index contributed by atoms with van der Waals surface area (Å²) in [5.74, 6) is 0.995. The third-order valence-corrected chi connectivity index (χ3v) is 4.99. The van der Waals surface area contributed by atoms with Crippen molar-refractivity contribution < 1.29 is 4.79 Å². The van der Waals surface area contributed by atoms with Crippen LogP contribution in [-0.4, -0.2) is 20.4 Å². The van der Waals surface area contributed by atoms with Gasteiger partial charge in [-0.25, -0.2) is 9.97 Å². The molecule has 4 rings (SSSR count). The Kier molecular flexibility index (Phi) is 5.66. The smallest absolute Gasteiger partial charge is 0.224 e. The van der Waals surface area contributed by atoms with Crippen molar-refractivity contribution in [3.8, 4) is 0 Å². The second-order valence-corrected chi connectivity index (χ2v) is 7.16. The Hall–Kier alpha value is -3.47. The van der Waals surface area contributed by atoms with E-state index >= 15 is 0 Å². The van der Waals surface area contributed by atoms with Gasteiger partial charge in [-0.1, -0.05) is 48.5 Å². The highest BCUT2D eigenvalue weighted by atomic mass is 16.1. The van der Waals surface area contributed by atoms with Crippen molar-refractivity contribution >= 4 is 22.8 Å².